The highest BCUT2D eigenvalue weighted by Crippen LogP contribution is 2.57. The maximum atomic E-state index is 13.3. The second-order valence-electron chi connectivity index (χ2n) is 21.9. The smallest absolute Gasteiger partial charge is 0.408 e. The van der Waals surface area contributed by atoms with Crippen LogP contribution >= 0.6 is 0 Å². The van der Waals surface area contributed by atoms with Crippen LogP contribution in [-0.2, 0) is 32.0 Å². The molecule has 0 atom stereocenters. The van der Waals surface area contributed by atoms with Crippen molar-refractivity contribution < 1.29 is 32.8 Å². The van der Waals surface area contributed by atoms with E-state index in [0.29, 0.717) is 52.0 Å². The molecule has 14 rings (SSSR count). The first-order valence-electron chi connectivity index (χ1n) is 25.7. The Hall–Kier alpha value is -8.43. The predicted molar refractivity (Wildman–Crippen MR) is 276 cm³/mol. The molecule has 6 N–H and O–H groups in total. The number of nitrogens with zero attached hydrogens (tertiary/aromatic N) is 8. The van der Waals surface area contributed by atoms with E-state index in [1.54, 1.807) is 68.8 Å². The summed E-state index contributed by atoms with van der Waals surface area (Å²) in [5, 5.41) is 20.3. The average molecular weight is 1030 g/mol. The lowest BCUT2D eigenvalue weighted by Gasteiger charge is -2.52. The molecule has 394 valence electrons. The van der Waals surface area contributed by atoms with Crippen molar-refractivity contribution in [3.05, 3.63) is 128 Å². The van der Waals surface area contributed by atoms with Crippen molar-refractivity contribution in [1.82, 2.24) is 59.6 Å². The highest BCUT2D eigenvalue weighted by molar-refractivity contribution is 5.99. The zero-order chi connectivity index (χ0) is 53.1. The number of hydrogen-bond donors (Lipinski definition) is 5. The number of primary amides is 1. The number of amides is 5. The predicted octanol–water partition coefficient (Wildman–Crippen LogP) is 4.85. The van der Waals surface area contributed by atoms with Crippen LogP contribution in [0.2, 0.25) is 0 Å². The van der Waals surface area contributed by atoms with Gasteiger partial charge in [-0.05, 0) is 129 Å². The second-order valence-corrected chi connectivity index (χ2v) is 21.9. The molecule has 22 heteroatoms. The third-order valence-corrected chi connectivity index (χ3v) is 17.2. The highest BCUT2D eigenvalue weighted by Gasteiger charge is 2.51. The third-order valence-electron chi connectivity index (χ3n) is 17.2. The van der Waals surface area contributed by atoms with Gasteiger partial charge in [-0.15, -0.1) is 0 Å². The summed E-state index contributed by atoms with van der Waals surface area (Å²) in [6.45, 7) is 3.91. The van der Waals surface area contributed by atoms with Gasteiger partial charge in [0.05, 0.1) is 23.4 Å². The van der Waals surface area contributed by atoms with Crippen LogP contribution in [0, 0.1) is 21.7 Å². The van der Waals surface area contributed by atoms with Gasteiger partial charge in [-0.3, -0.25) is 33.1 Å². The number of fused-ring (bicyclic) bond motifs is 10. The van der Waals surface area contributed by atoms with Crippen molar-refractivity contribution in [2.45, 2.75) is 97.1 Å². The number of nitrogens with one attached hydrogen (secondary N) is 4. The number of nitrogens with two attached hydrogens (primary N) is 1. The SMILES string of the molecule is Cn1c(=O)oc2ccc(CNC(=O)c3cc(C(=O)NCC45CCC(C(N)=O)(CC4)CC5)n4nccc4n3)cc21.Cn1c(=O)oc2ccc(CNC(=O)c3cc(C(=O)NCC45CCC(C)(CC4)CC5)n4nccc4n3)cc21. The molecule has 0 aliphatic heterocycles. The molecule has 6 aliphatic rings. The van der Waals surface area contributed by atoms with Crippen molar-refractivity contribution in [3.8, 4) is 0 Å². The van der Waals surface area contributed by atoms with E-state index < -0.39 is 23.3 Å². The van der Waals surface area contributed by atoms with Crippen LogP contribution in [0.4, 0.5) is 0 Å². The van der Waals surface area contributed by atoms with Gasteiger partial charge in [0, 0.05) is 70.0 Å². The molecule has 5 amide bonds. The van der Waals surface area contributed by atoms with E-state index in [-0.39, 0.29) is 69.8 Å². The van der Waals surface area contributed by atoms with E-state index in [9.17, 15) is 33.6 Å². The van der Waals surface area contributed by atoms with Crippen LogP contribution in [0.1, 0.15) is 137 Å². The van der Waals surface area contributed by atoms with Crippen molar-refractivity contribution in [2.24, 2.45) is 41.5 Å². The quantitative estimate of drug-likeness (QED) is 0.103. The topological polar surface area (TPSA) is 290 Å². The van der Waals surface area contributed by atoms with E-state index in [1.807, 2.05) is 0 Å². The van der Waals surface area contributed by atoms with Crippen molar-refractivity contribution >= 4 is 63.0 Å². The minimum absolute atomic E-state index is 0.0527. The van der Waals surface area contributed by atoms with Crippen LogP contribution in [0.15, 0.2) is 91.5 Å². The fourth-order valence-corrected chi connectivity index (χ4v) is 11.8. The molecule has 8 aromatic rings. The number of benzene rings is 2. The van der Waals surface area contributed by atoms with Gasteiger partial charge in [0.15, 0.2) is 22.5 Å². The van der Waals surface area contributed by atoms with E-state index in [0.717, 1.165) is 68.9 Å². The van der Waals surface area contributed by atoms with Gasteiger partial charge in [-0.1, -0.05) is 19.1 Å². The molecule has 76 heavy (non-hydrogen) atoms. The molecule has 6 fully saturated rings. The van der Waals surface area contributed by atoms with Gasteiger partial charge in [-0.2, -0.15) is 10.2 Å². The fourth-order valence-electron chi connectivity index (χ4n) is 11.8. The van der Waals surface area contributed by atoms with E-state index in [1.165, 1.54) is 55.8 Å². The summed E-state index contributed by atoms with van der Waals surface area (Å²) in [6.07, 6.45) is 15.0. The minimum Gasteiger partial charge on any atom is -0.408 e. The molecular weight excluding hydrogens is 975 g/mol. The minimum atomic E-state index is -0.458. The molecule has 0 spiro atoms. The third kappa shape index (κ3) is 9.29. The van der Waals surface area contributed by atoms with Gasteiger partial charge in [0.1, 0.15) is 22.8 Å². The Morgan fingerprint density at radius 1 is 0.553 bits per heavy atom. The Kier molecular flexibility index (Phi) is 12.5. The molecule has 2 aromatic carbocycles. The molecule has 6 aromatic heterocycles. The highest BCUT2D eigenvalue weighted by atomic mass is 16.4. The molecule has 4 bridgehead atoms. The zero-order valence-electron chi connectivity index (χ0n) is 42.6. The zero-order valence-corrected chi connectivity index (χ0v) is 42.6. The average Bonchev–Trinajstić information content (AvgIpc) is 4.24. The normalized spacial score (nSPS) is 22.6. The maximum Gasteiger partial charge on any atom is 0.419 e. The van der Waals surface area contributed by atoms with E-state index in [2.05, 4.69) is 48.4 Å². The summed E-state index contributed by atoms with van der Waals surface area (Å²) in [6, 6.07) is 16.7. The Morgan fingerprint density at radius 2 is 0.961 bits per heavy atom. The van der Waals surface area contributed by atoms with Crippen LogP contribution in [-0.4, -0.2) is 81.0 Å². The molecular formula is C54H59N13O9. The summed E-state index contributed by atoms with van der Waals surface area (Å²) in [5.41, 5.74) is 11.2. The summed E-state index contributed by atoms with van der Waals surface area (Å²) < 4.78 is 16.0. The molecule has 0 radical (unpaired) electrons. The summed E-state index contributed by atoms with van der Waals surface area (Å²) in [4.78, 5) is 96.9. The first kappa shape index (κ1) is 49.8. The Balaban J connectivity index is 0.000000162. The summed E-state index contributed by atoms with van der Waals surface area (Å²) in [5.74, 6) is -2.57. The van der Waals surface area contributed by atoms with Crippen molar-refractivity contribution in [1.29, 1.82) is 0 Å². The second kappa shape index (κ2) is 19.1. The van der Waals surface area contributed by atoms with Crippen LogP contribution in [0.25, 0.3) is 33.5 Å². The Bertz CT molecular complexity index is 3730. The number of hydrogen-bond acceptors (Lipinski definition) is 13. The van der Waals surface area contributed by atoms with Crippen molar-refractivity contribution in [2.75, 3.05) is 13.1 Å². The molecule has 6 aliphatic carbocycles. The number of rotatable bonds is 13. The Morgan fingerprint density at radius 3 is 1.37 bits per heavy atom. The summed E-state index contributed by atoms with van der Waals surface area (Å²) >= 11 is 0. The molecule has 0 unspecified atom stereocenters. The first-order valence-corrected chi connectivity index (χ1v) is 25.7. The lowest BCUT2D eigenvalue weighted by molar-refractivity contribution is -0.136. The van der Waals surface area contributed by atoms with Gasteiger partial charge in [-0.25, -0.2) is 28.6 Å². The molecule has 6 heterocycles. The monoisotopic (exact) mass is 1030 g/mol. The van der Waals surface area contributed by atoms with Gasteiger partial charge in [0.25, 0.3) is 23.6 Å². The van der Waals surface area contributed by atoms with Gasteiger partial charge < -0.3 is 35.8 Å². The molecule has 6 saturated carbocycles. The van der Waals surface area contributed by atoms with Crippen LogP contribution < -0.4 is 38.5 Å². The van der Waals surface area contributed by atoms with E-state index in [4.69, 9.17) is 14.6 Å². The van der Waals surface area contributed by atoms with Gasteiger partial charge >= 0.3 is 11.5 Å². The lowest BCUT2D eigenvalue weighted by Crippen LogP contribution is -2.52. The number of carbonyl (C=O) groups excluding carboxylic acids is 5. The largest absolute Gasteiger partial charge is 0.419 e. The molecule has 22 nitrogen and oxygen atoms in total. The standard InChI is InChI=1S/C27H29N7O5.C27H30N6O4/c1-33-18-12-16(2-3-20(18)39-25(33)38)14-29-22(35)17-13-19(34-21(32-17)4-11-31-34)23(36)30-15-26-5-8-27(9-6-26,10-7-26)24(28)37;1-26-6-9-27(10-7-26,11-8-26)16-29-24(35)20-14-18(31-22-5-12-30-33(20)22)23(34)28-15-17-3-4-21-19(13-17)32(2)25(36)37-21/h2-4,11-13H,5-10,14-15H2,1H3,(H2,28,37)(H,29,35)(H,30,36);3-5,12-14H,6-11,15-16H2,1-2H3,(H,28,34)(H,29,35). The fraction of sp³-hybridized carbons (Fsp3) is 0.426. The van der Waals surface area contributed by atoms with Crippen molar-refractivity contribution in [3.63, 3.8) is 0 Å². The first-order chi connectivity index (χ1) is 36.4. The number of aryl methyl sites for hydroxylation is 2. The molecule has 0 saturated heterocycles. The van der Waals surface area contributed by atoms with Crippen LogP contribution in [0.3, 0.4) is 0 Å². The lowest BCUT2D eigenvalue weighted by atomic mass is 9.53. The van der Waals surface area contributed by atoms with Gasteiger partial charge in [0.2, 0.25) is 5.91 Å². The van der Waals surface area contributed by atoms with E-state index >= 15 is 0 Å². The summed E-state index contributed by atoms with van der Waals surface area (Å²) in [7, 11) is 3.25. The maximum absolute atomic E-state index is 13.3. The number of oxazole rings is 2. The van der Waals surface area contributed by atoms with Crippen LogP contribution in [0.5, 0.6) is 0 Å². The number of carbonyl (C=O) groups is 5. The Labute approximate surface area is 433 Å². The number of aromatic nitrogens is 8.